The van der Waals surface area contributed by atoms with E-state index in [1.165, 1.54) is 9.75 Å². The monoisotopic (exact) mass is 347 g/mol. The number of ether oxygens (including phenoxy) is 1. The highest BCUT2D eigenvalue weighted by Crippen LogP contribution is 2.15. The zero-order valence-electron chi connectivity index (χ0n) is 14.1. The first-order valence-corrected chi connectivity index (χ1v) is 9.29. The second-order valence-electron chi connectivity index (χ2n) is 6.04. The third kappa shape index (κ3) is 5.39. The van der Waals surface area contributed by atoms with Gasteiger partial charge in [0.05, 0.1) is 19.4 Å². The molecule has 2 aromatic heterocycles. The van der Waals surface area contributed by atoms with Crippen molar-refractivity contribution in [2.45, 2.75) is 26.3 Å². The Labute approximate surface area is 147 Å². The lowest BCUT2D eigenvalue weighted by Crippen LogP contribution is -2.40. The van der Waals surface area contributed by atoms with Crippen molar-refractivity contribution in [1.82, 2.24) is 10.6 Å². The van der Waals surface area contributed by atoms with E-state index in [1.807, 2.05) is 12.1 Å². The number of aryl methyl sites for hydroxylation is 1. The molecule has 0 aromatic carbocycles. The van der Waals surface area contributed by atoms with Gasteiger partial charge in [0, 0.05) is 41.8 Å². The summed E-state index contributed by atoms with van der Waals surface area (Å²) in [4.78, 5) is 7.32. The first-order valence-electron chi connectivity index (χ1n) is 8.47. The minimum atomic E-state index is 0.575. The molecule has 0 spiro atoms. The molecule has 1 atom stereocenters. The van der Waals surface area contributed by atoms with Gasteiger partial charge in [0.25, 0.3) is 0 Å². The Kier molecular flexibility index (Phi) is 6.32. The Morgan fingerprint density at radius 2 is 2.29 bits per heavy atom. The second kappa shape index (κ2) is 8.89. The van der Waals surface area contributed by atoms with Crippen molar-refractivity contribution in [1.29, 1.82) is 0 Å². The van der Waals surface area contributed by atoms with Crippen molar-refractivity contribution in [2.24, 2.45) is 10.9 Å². The lowest BCUT2D eigenvalue weighted by atomic mass is 10.1. The zero-order valence-corrected chi connectivity index (χ0v) is 14.9. The number of thiophene rings is 1. The molecule has 0 bridgehead atoms. The van der Waals surface area contributed by atoms with E-state index >= 15 is 0 Å². The van der Waals surface area contributed by atoms with Gasteiger partial charge in [0.15, 0.2) is 5.96 Å². The van der Waals surface area contributed by atoms with Gasteiger partial charge in [-0.25, -0.2) is 4.99 Å². The van der Waals surface area contributed by atoms with E-state index in [9.17, 15) is 0 Å². The van der Waals surface area contributed by atoms with Crippen LogP contribution in [0.3, 0.4) is 0 Å². The fourth-order valence-corrected chi connectivity index (χ4v) is 3.46. The topological polar surface area (TPSA) is 58.8 Å². The lowest BCUT2D eigenvalue weighted by Gasteiger charge is -2.14. The highest BCUT2D eigenvalue weighted by molar-refractivity contribution is 7.11. The summed E-state index contributed by atoms with van der Waals surface area (Å²) < 4.78 is 10.8. The van der Waals surface area contributed by atoms with Crippen LogP contribution < -0.4 is 10.6 Å². The molecule has 1 aliphatic heterocycles. The third-order valence-corrected chi connectivity index (χ3v) is 5.00. The Morgan fingerprint density at radius 1 is 1.33 bits per heavy atom. The van der Waals surface area contributed by atoms with Gasteiger partial charge in [0.1, 0.15) is 5.76 Å². The van der Waals surface area contributed by atoms with Crippen molar-refractivity contribution in [3.05, 3.63) is 46.0 Å². The van der Waals surface area contributed by atoms with Gasteiger partial charge in [-0.2, -0.15) is 0 Å². The predicted molar refractivity (Wildman–Crippen MR) is 97.5 cm³/mol. The van der Waals surface area contributed by atoms with Crippen LogP contribution in [-0.4, -0.2) is 32.3 Å². The van der Waals surface area contributed by atoms with Gasteiger partial charge >= 0.3 is 0 Å². The van der Waals surface area contributed by atoms with Crippen LogP contribution in [0.4, 0.5) is 0 Å². The summed E-state index contributed by atoms with van der Waals surface area (Å²) >= 11 is 1.80. The predicted octanol–water partition coefficient (Wildman–Crippen LogP) is 2.96. The van der Waals surface area contributed by atoms with Crippen molar-refractivity contribution in [3.8, 4) is 0 Å². The second-order valence-corrected chi connectivity index (χ2v) is 7.42. The maximum atomic E-state index is 5.44. The molecule has 2 N–H and O–H groups in total. The summed E-state index contributed by atoms with van der Waals surface area (Å²) in [6.07, 6.45) is 3.68. The molecule has 0 radical (unpaired) electrons. The summed E-state index contributed by atoms with van der Waals surface area (Å²) in [6, 6.07) is 8.20. The van der Waals surface area contributed by atoms with E-state index in [4.69, 9.17) is 14.1 Å². The van der Waals surface area contributed by atoms with Gasteiger partial charge in [-0.05, 0) is 37.6 Å². The van der Waals surface area contributed by atoms with Crippen molar-refractivity contribution in [3.63, 3.8) is 0 Å². The molecular weight excluding hydrogens is 322 g/mol. The van der Waals surface area contributed by atoms with Crippen LogP contribution in [0.2, 0.25) is 0 Å². The molecule has 3 heterocycles. The standard InChI is InChI=1S/C18H25N3O2S/c1-14-4-5-17(24-14)12-21-18(20-11-15-7-10-22-13-15)19-8-6-16-3-2-9-23-16/h2-5,9,15H,6-8,10-13H2,1H3,(H2,19,20,21). The number of hydrogen-bond acceptors (Lipinski definition) is 4. The number of hydrogen-bond donors (Lipinski definition) is 2. The molecule has 2 aromatic rings. The highest BCUT2D eigenvalue weighted by Gasteiger charge is 2.15. The average Bonchev–Trinajstić information content (AvgIpc) is 3.32. The maximum absolute atomic E-state index is 5.44. The van der Waals surface area contributed by atoms with Gasteiger partial charge in [0.2, 0.25) is 0 Å². The number of furan rings is 1. The molecule has 3 rings (SSSR count). The summed E-state index contributed by atoms with van der Waals surface area (Å²) in [5.74, 6) is 2.42. The number of aliphatic imine (C=N–C) groups is 1. The molecule has 1 unspecified atom stereocenters. The molecule has 130 valence electrons. The number of nitrogens with one attached hydrogen (secondary N) is 2. The molecule has 0 amide bonds. The SMILES string of the molecule is Cc1ccc(CN=C(NCCc2ccco2)NCC2CCOC2)s1. The molecule has 5 nitrogen and oxygen atoms in total. The van der Waals surface area contributed by atoms with Crippen LogP contribution in [0.1, 0.15) is 21.9 Å². The number of rotatable bonds is 7. The zero-order chi connectivity index (χ0) is 16.6. The van der Waals surface area contributed by atoms with Crippen molar-refractivity contribution < 1.29 is 9.15 Å². The number of nitrogens with zero attached hydrogens (tertiary/aromatic N) is 1. The van der Waals surface area contributed by atoms with Gasteiger partial charge in [-0.3, -0.25) is 0 Å². The molecule has 24 heavy (non-hydrogen) atoms. The Bertz CT molecular complexity index is 630. The minimum Gasteiger partial charge on any atom is -0.469 e. The summed E-state index contributed by atoms with van der Waals surface area (Å²) in [7, 11) is 0. The lowest BCUT2D eigenvalue weighted by molar-refractivity contribution is 0.186. The molecule has 6 heteroatoms. The van der Waals surface area contributed by atoms with Crippen LogP contribution >= 0.6 is 11.3 Å². The molecule has 1 aliphatic rings. The summed E-state index contributed by atoms with van der Waals surface area (Å²) in [5.41, 5.74) is 0. The van der Waals surface area contributed by atoms with Crippen LogP contribution in [0.25, 0.3) is 0 Å². The largest absolute Gasteiger partial charge is 0.469 e. The van der Waals surface area contributed by atoms with Crippen LogP contribution in [0.5, 0.6) is 0 Å². The average molecular weight is 347 g/mol. The number of guanidine groups is 1. The maximum Gasteiger partial charge on any atom is 0.191 e. The van der Waals surface area contributed by atoms with Crippen LogP contribution in [0, 0.1) is 12.8 Å². The summed E-state index contributed by atoms with van der Waals surface area (Å²) in [5, 5.41) is 6.85. The Balaban J connectivity index is 1.51. The first kappa shape index (κ1) is 17.0. The highest BCUT2D eigenvalue weighted by atomic mass is 32.1. The van der Waals surface area contributed by atoms with Gasteiger partial charge < -0.3 is 19.8 Å². The van der Waals surface area contributed by atoms with E-state index in [0.29, 0.717) is 12.5 Å². The Hall–Kier alpha value is -1.79. The van der Waals surface area contributed by atoms with E-state index in [1.54, 1.807) is 17.6 Å². The first-order chi connectivity index (χ1) is 11.8. The summed E-state index contributed by atoms with van der Waals surface area (Å²) in [6.45, 7) is 6.24. The smallest absolute Gasteiger partial charge is 0.191 e. The molecule has 1 fully saturated rings. The van der Waals surface area contributed by atoms with Crippen LogP contribution in [-0.2, 0) is 17.7 Å². The molecular formula is C18H25N3O2S. The normalized spacial score (nSPS) is 18.0. The third-order valence-electron chi connectivity index (χ3n) is 4.02. The quantitative estimate of drug-likeness (QED) is 0.597. The van der Waals surface area contributed by atoms with Gasteiger partial charge in [-0.15, -0.1) is 11.3 Å². The molecule has 0 saturated carbocycles. The minimum absolute atomic E-state index is 0.575. The van der Waals surface area contributed by atoms with Crippen LogP contribution in [0.15, 0.2) is 39.9 Å². The Morgan fingerprint density at radius 3 is 3.00 bits per heavy atom. The van der Waals surface area contributed by atoms with E-state index < -0.39 is 0 Å². The van der Waals surface area contributed by atoms with E-state index in [-0.39, 0.29) is 0 Å². The molecule has 1 saturated heterocycles. The van der Waals surface area contributed by atoms with Crippen molar-refractivity contribution in [2.75, 3.05) is 26.3 Å². The molecule has 0 aliphatic carbocycles. The van der Waals surface area contributed by atoms with Crippen molar-refractivity contribution >= 4 is 17.3 Å². The fourth-order valence-electron chi connectivity index (χ4n) is 2.65. The van der Waals surface area contributed by atoms with Gasteiger partial charge in [-0.1, -0.05) is 0 Å². The van der Waals surface area contributed by atoms with E-state index in [0.717, 1.165) is 50.9 Å². The fraction of sp³-hybridized carbons (Fsp3) is 0.500. The van der Waals surface area contributed by atoms with E-state index in [2.05, 4.69) is 29.7 Å².